The molecule has 2 aromatic heterocycles. The Morgan fingerprint density at radius 3 is 2.61 bits per heavy atom. The minimum atomic E-state index is -0.299. The third-order valence-corrected chi connectivity index (χ3v) is 6.09. The maximum Gasteiger partial charge on any atom is 0.248 e. The number of hydrogen-bond donors (Lipinski definition) is 1. The van der Waals surface area contributed by atoms with Gasteiger partial charge in [-0.3, -0.25) is 4.79 Å². The highest BCUT2D eigenvalue weighted by Crippen LogP contribution is 2.34. The minimum Gasteiger partial charge on any atom is -0.472 e. The molecule has 1 fully saturated rings. The third kappa shape index (κ3) is 6.30. The molecule has 1 aliphatic heterocycles. The molecule has 1 aliphatic rings. The van der Waals surface area contributed by atoms with Crippen LogP contribution in [-0.4, -0.2) is 59.0 Å². The molecular weight excluding hydrogens is 436 g/mol. The highest BCUT2D eigenvalue weighted by molar-refractivity contribution is 7.99. The highest BCUT2D eigenvalue weighted by atomic mass is 32.2. The minimum absolute atomic E-state index is 0.299. The van der Waals surface area contributed by atoms with Crippen LogP contribution >= 0.6 is 11.8 Å². The number of hydrogen-bond acceptors (Lipinski definition) is 8. The molecule has 0 aliphatic carbocycles. The molecule has 1 amide bonds. The predicted molar refractivity (Wildman–Crippen MR) is 130 cm³/mol. The summed E-state index contributed by atoms with van der Waals surface area (Å²) < 4.78 is 6.14. The molecule has 0 bridgehead atoms. The second-order valence-corrected chi connectivity index (χ2v) is 8.69. The number of carbonyl (C=O) groups is 1. The number of amides is 1. The fourth-order valence-corrected chi connectivity index (χ4v) is 4.02. The number of carbonyl (C=O) groups excluding carboxylic acids is 1. The van der Waals surface area contributed by atoms with Crippen molar-refractivity contribution < 1.29 is 9.53 Å². The van der Waals surface area contributed by atoms with E-state index in [0.29, 0.717) is 24.3 Å². The quantitative estimate of drug-likeness (QED) is 0.510. The third-order valence-electron chi connectivity index (χ3n) is 5.11. The van der Waals surface area contributed by atoms with Crippen molar-refractivity contribution in [3.63, 3.8) is 0 Å². The molecule has 3 heterocycles. The van der Waals surface area contributed by atoms with E-state index in [1.54, 1.807) is 18.5 Å². The van der Waals surface area contributed by atoms with Crippen LogP contribution in [0.5, 0.6) is 5.88 Å². The van der Waals surface area contributed by atoms with Gasteiger partial charge in [-0.15, -0.1) is 0 Å². The zero-order valence-corrected chi connectivity index (χ0v) is 19.3. The van der Waals surface area contributed by atoms with E-state index in [9.17, 15) is 4.79 Å². The van der Waals surface area contributed by atoms with E-state index >= 15 is 0 Å². The lowest BCUT2D eigenvalue weighted by Gasteiger charge is -2.32. The largest absolute Gasteiger partial charge is 0.472 e. The average Bonchev–Trinajstić information content (AvgIpc) is 2.85. The van der Waals surface area contributed by atoms with Crippen LogP contribution in [0.15, 0.2) is 77.3 Å². The zero-order valence-electron chi connectivity index (χ0n) is 18.5. The second kappa shape index (κ2) is 10.9. The molecule has 1 aromatic carbocycles. The maximum absolute atomic E-state index is 11.5. The van der Waals surface area contributed by atoms with Crippen molar-refractivity contribution in [3.05, 3.63) is 73.1 Å². The number of pyridine rings is 1. The van der Waals surface area contributed by atoms with Gasteiger partial charge in [0.25, 0.3) is 0 Å². The number of benzene rings is 1. The van der Waals surface area contributed by atoms with Crippen molar-refractivity contribution in [1.82, 2.24) is 19.9 Å². The van der Waals surface area contributed by atoms with E-state index in [1.165, 1.54) is 17.8 Å². The first kappa shape index (κ1) is 22.8. The lowest BCUT2D eigenvalue weighted by molar-refractivity contribution is -0.111. The summed E-state index contributed by atoms with van der Waals surface area (Å²) in [7, 11) is 2.12. The summed E-state index contributed by atoms with van der Waals surface area (Å²) in [6.45, 7) is 7.56. The second-order valence-electron chi connectivity index (χ2n) is 7.58. The summed E-state index contributed by atoms with van der Waals surface area (Å²) in [5, 5.41) is 2.64. The van der Waals surface area contributed by atoms with Gasteiger partial charge in [-0.2, -0.15) is 4.98 Å². The molecule has 9 heteroatoms. The summed E-state index contributed by atoms with van der Waals surface area (Å²) in [6.07, 6.45) is 4.71. The molecule has 4 rings (SSSR count). The molecule has 170 valence electrons. The monoisotopic (exact) mass is 462 g/mol. The van der Waals surface area contributed by atoms with Crippen LogP contribution in [0.3, 0.4) is 0 Å². The average molecular weight is 463 g/mol. The predicted octanol–water partition coefficient (Wildman–Crippen LogP) is 3.48. The van der Waals surface area contributed by atoms with Crippen molar-refractivity contribution in [1.29, 1.82) is 0 Å². The Balaban J connectivity index is 1.53. The van der Waals surface area contributed by atoms with Crippen molar-refractivity contribution >= 4 is 29.4 Å². The fourth-order valence-electron chi connectivity index (χ4n) is 3.22. The Bertz CT molecular complexity index is 1090. The first-order valence-corrected chi connectivity index (χ1v) is 11.5. The van der Waals surface area contributed by atoms with Gasteiger partial charge in [-0.05, 0) is 30.8 Å². The molecule has 1 N–H and O–H groups in total. The van der Waals surface area contributed by atoms with E-state index in [4.69, 9.17) is 9.72 Å². The molecule has 0 radical (unpaired) electrons. The van der Waals surface area contributed by atoms with Crippen molar-refractivity contribution in [3.8, 4) is 5.88 Å². The van der Waals surface area contributed by atoms with Gasteiger partial charge < -0.3 is 19.9 Å². The van der Waals surface area contributed by atoms with E-state index < -0.39 is 0 Å². The molecule has 33 heavy (non-hydrogen) atoms. The fraction of sp³-hybridized carbons (Fsp3) is 0.250. The lowest BCUT2D eigenvalue weighted by Crippen LogP contribution is -2.45. The van der Waals surface area contributed by atoms with Crippen molar-refractivity contribution in [2.24, 2.45) is 0 Å². The smallest absolute Gasteiger partial charge is 0.248 e. The molecular formula is C24H26N6O2S. The maximum atomic E-state index is 11.5. The van der Waals surface area contributed by atoms with Gasteiger partial charge in [0.1, 0.15) is 12.4 Å². The van der Waals surface area contributed by atoms with E-state index in [0.717, 1.165) is 41.5 Å². The summed E-state index contributed by atoms with van der Waals surface area (Å²) >= 11 is 1.47. The van der Waals surface area contributed by atoms with E-state index in [-0.39, 0.29) is 5.91 Å². The van der Waals surface area contributed by atoms with Crippen molar-refractivity contribution in [2.45, 2.75) is 16.4 Å². The summed E-state index contributed by atoms with van der Waals surface area (Å²) in [4.78, 5) is 31.3. The normalized spacial score (nSPS) is 14.0. The van der Waals surface area contributed by atoms with Gasteiger partial charge in [-0.1, -0.05) is 48.7 Å². The Morgan fingerprint density at radius 1 is 1.12 bits per heavy atom. The van der Waals surface area contributed by atoms with Gasteiger partial charge in [0, 0.05) is 37.3 Å². The van der Waals surface area contributed by atoms with Gasteiger partial charge in [0.2, 0.25) is 17.7 Å². The molecule has 0 unspecified atom stereocenters. The number of nitrogens with zero attached hydrogens (tertiary/aromatic N) is 5. The number of rotatable bonds is 8. The summed E-state index contributed by atoms with van der Waals surface area (Å²) in [6, 6.07) is 13.6. The van der Waals surface area contributed by atoms with Crippen LogP contribution in [0.1, 0.15) is 5.56 Å². The van der Waals surface area contributed by atoms with Gasteiger partial charge >= 0.3 is 0 Å². The van der Waals surface area contributed by atoms with E-state index in [2.05, 4.69) is 38.7 Å². The zero-order chi connectivity index (χ0) is 23.0. The number of aromatic nitrogens is 3. The number of anilines is 2. The molecule has 8 nitrogen and oxygen atoms in total. The Labute approximate surface area is 197 Å². The van der Waals surface area contributed by atoms with Crippen LogP contribution in [0, 0.1) is 0 Å². The van der Waals surface area contributed by atoms with Crippen LogP contribution in [0.4, 0.5) is 11.8 Å². The summed E-state index contributed by atoms with van der Waals surface area (Å²) in [5.41, 5.74) is 1.07. The number of nitrogens with one attached hydrogen (secondary N) is 1. The molecule has 0 atom stereocenters. The van der Waals surface area contributed by atoms with Crippen LogP contribution in [-0.2, 0) is 11.4 Å². The van der Waals surface area contributed by atoms with Crippen LogP contribution < -0.4 is 15.0 Å². The Kier molecular flexibility index (Phi) is 7.54. The number of likely N-dealkylation sites (N-methyl/N-ethyl adjacent to an activating group) is 1. The molecule has 1 saturated heterocycles. The first-order valence-electron chi connectivity index (χ1n) is 10.7. The number of piperazine rings is 1. The molecule has 0 saturated carbocycles. The topological polar surface area (TPSA) is 83.5 Å². The molecule has 3 aromatic rings. The van der Waals surface area contributed by atoms with Crippen LogP contribution in [0.2, 0.25) is 0 Å². The van der Waals surface area contributed by atoms with Gasteiger partial charge in [0.15, 0.2) is 0 Å². The lowest BCUT2D eigenvalue weighted by atomic mass is 10.2. The van der Waals surface area contributed by atoms with E-state index in [1.807, 2.05) is 36.4 Å². The number of ether oxygens (including phenoxy) is 1. The Hall–Kier alpha value is -3.43. The molecule has 0 spiro atoms. The van der Waals surface area contributed by atoms with Gasteiger partial charge in [0.05, 0.1) is 11.1 Å². The van der Waals surface area contributed by atoms with Crippen molar-refractivity contribution in [2.75, 3.05) is 43.4 Å². The standard InChI is InChI=1S/C24H26N6O2S/c1-3-22(31)27-21-10-9-19(15-25-21)33-20-16-26-24(30-13-11-29(2)12-14-30)28-23(20)32-17-18-7-5-4-6-8-18/h3-10,15-16H,1,11-14,17H2,2H3,(H,25,27,31). The summed E-state index contributed by atoms with van der Waals surface area (Å²) in [5.74, 6) is 1.38. The highest BCUT2D eigenvalue weighted by Gasteiger charge is 2.19. The Morgan fingerprint density at radius 2 is 1.91 bits per heavy atom. The van der Waals surface area contributed by atoms with Crippen LogP contribution in [0.25, 0.3) is 0 Å². The SMILES string of the molecule is C=CC(=O)Nc1ccc(Sc2cnc(N3CCN(C)CC3)nc2OCc2ccccc2)cn1. The van der Waals surface area contributed by atoms with Gasteiger partial charge in [-0.25, -0.2) is 9.97 Å². The first-order chi connectivity index (χ1) is 16.1.